The maximum atomic E-state index is 10.1. The summed E-state index contributed by atoms with van der Waals surface area (Å²) >= 11 is 1.50. The van der Waals surface area contributed by atoms with Crippen LogP contribution in [0.1, 0.15) is 11.7 Å². The molecule has 0 aliphatic heterocycles. The quantitative estimate of drug-likeness (QED) is 0.823. The molecule has 1 unspecified atom stereocenters. The van der Waals surface area contributed by atoms with Crippen LogP contribution in [-0.4, -0.2) is 23.1 Å². The van der Waals surface area contributed by atoms with Gasteiger partial charge in [0.1, 0.15) is 11.5 Å². The molecule has 4 heteroatoms. The number of phenolic OH excluding ortho intramolecular Hbond substituents is 1. The Balaban J connectivity index is 1.99. The second kappa shape index (κ2) is 6.50. The predicted octanol–water partition coefficient (Wildman–Crippen LogP) is 3.23. The van der Waals surface area contributed by atoms with Gasteiger partial charge in [0.25, 0.3) is 0 Å². The van der Waals surface area contributed by atoms with Crippen LogP contribution in [0.2, 0.25) is 0 Å². The van der Waals surface area contributed by atoms with Gasteiger partial charge < -0.3 is 14.9 Å². The average molecular weight is 276 g/mol. The third-order valence-electron chi connectivity index (χ3n) is 2.70. The van der Waals surface area contributed by atoms with E-state index >= 15 is 0 Å². The van der Waals surface area contributed by atoms with E-state index in [1.54, 1.807) is 25.3 Å². The maximum absolute atomic E-state index is 10.1. The fraction of sp³-hybridized carbons (Fsp3) is 0.200. The average Bonchev–Trinajstić information content (AvgIpc) is 2.45. The molecular weight excluding hydrogens is 260 g/mol. The van der Waals surface area contributed by atoms with Crippen molar-refractivity contribution in [2.45, 2.75) is 11.0 Å². The number of aliphatic hydroxyl groups is 1. The summed E-state index contributed by atoms with van der Waals surface area (Å²) in [7, 11) is 1.60. The van der Waals surface area contributed by atoms with Gasteiger partial charge in [0, 0.05) is 10.6 Å². The summed E-state index contributed by atoms with van der Waals surface area (Å²) in [4.78, 5) is 0.932. The van der Waals surface area contributed by atoms with Crippen LogP contribution in [-0.2, 0) is 0 Å². The van der Waals surface area contributed by atoms with Crippen molar-refractivity contribution in [3.8, 4) is 11.5 Å². The van der Waals surface area contributed by atoms with E-state index in [1.165, 1.54) is 11.8 Å². The van der Waals surface area contributed by atoms with E-state index in [1.807, 2.05) is 30.3 Å². The number of benzene rings is 2. The standard InChI is InChI=1S/C15H16O3S/c1-18-13-6-2-4-11(8-13)15(17)10-19-14-7-3-5-12(16)9-14/h2-9,15-17H,10H2,1H3. The van der Waals surface area contributed by atoms with E-state index in [4.69, 9.17) is 4.74 Å². The van der Waals surface area contributed by atoms with Gasteiger partial charge >= 0.3 is 0 Å². The zero-order chi connectivity index (χ0) is 13.7. The Hall–Kier alpha value is -1.65. The van der Waals surface area contributed by atoms with Gasteiger partial charge in [0.2, 0.25) is 0 Å². The molecule has 0 aliphatic rings. The van der Waals surface area contributed by atoms with Gasteiger partial charge in [-0.15, -0.1) is 11.8 Å². The Morgan fingerprint density at radius 2 is 1.95 bits per heavy atom. The lowest BCUT2D eigenvalue weighted by Gasteiger charge is -2.12. The van der Waals surface area contributed by atoms with Crippen LogP contribution in [0.3, 0.4) is 0 Å². The molecule has 0 aromatic heterocycles. The number of methoxy groups -OCH3 is 1. The number of aromatic hydroxyl groups is 1. The van der Waals surface area contributed by atoms with Crippen LogP contribution in [0.25, 0.3) is 0 Å². The number of rotatable bonds is 5. The first-order valence-corrected chi connectivity index (χ1v) is 6.91. The third-order valence-corrected chi connectivity index (χ3v) is 3.77. The Morgan fingerprint density at radius 1 is 1.16 bits per heavy atom. The molecule has 0 amide bonds. The van der Waals surface area contributed by atoms with Crippen molar-refractivity contribution in [3.63, 3.8) is 0 Å². The van der Waals surface area contributed by atoms with Crippen LogP contribution >= 0.6 is 11.8 Å². The lowest BCUT2D eigenvalue weighted by Crippen LogP contribution is -2.00. The summed E-state index contributed by atoms with van der Waals surface area (Å²) in [5.74, 6) is 1.50. The highest BCUT2D eigenvalue weighted by Crippen LogP contribution is 2.28. The molecule has 0 saturated heterocycles. The Kier molecular flexibility index (Phi) is 4.71. The summed E-state index contributed by atoms with van der Waals surface area (Å²) in [6, 6.07) is 14.4. The van der Waals surface area contributed by atoms with E-state index in [0.29, 0.717) is 5.75 Å². The molecule has 0 fully saturated rings. The van der Waals surface area contributed by atoms with Crippen LogP contribution in [0.15, 0.2) is 53.4 Å². The highest BCUT2D eigenvalue weighted by molar-refractivity contribution is 7.99. The molecule has 100 valence electrons. The number of thioether (sulfide) groups is 1. The first-order chi connectivity index (χ1) is 9.19. The van der Waals surface area contributed by atoms with E-state index in [0.717, 1.165) is 16.2 Å². The number of hydrogen-bond acceptors (Lipinski definition) is 4. The Bertz CT molecular complexity index is 542. The first-order valence-electron chi connectivity index (χ1n) is 5.93. The van der Waals surface area contributed by atoms with Crippen molar-refractivity contribution in [1.82, 2.24) is 0 Å². The molecule has 0 saturated carbocycles. The van der Waals surface area contributed by atoms with Crippen molar-refractivity contribution in [2.24, 2.45) is 0 Å². The molecule has 2 rings (SSSR count). The second-order valence-electron chi connectivity index (χ2n) is 4.10. The van der Waals surface area contributed by atoms with Crippen molar-refractivity contribution in [2.75, 3.05) is 12.9 Å². The molecule has 2 aromatic rings. The number of ether oxygens (including phenoxy) is 1. The second-order valence-corrected chi connectivity index (χ2v) is 5.19. The molecule has 2 aromatic carbocycles. The Labute approximate surface area is 116 Å². The van der Waals surface area contributed by atoms with Crippen LogP contribution in [0.4, 0.5) is 0 Å². The SMILES string of the molecule is COc1cccc(C(O)CSc2cccc(O)c2)c1. The van der Waals surface area contributed by atoms with Gasteiger partial charge in [-0.3, -0.25) is 0 Å². The fourth-order valence-corrected chi connectivity index (χ4v) is 2.62. The largest absolute Gasteiger partial charge is 0.508 e. The lowest BCUT2D eigenvalue weighted by molar-refractivity contribution is 0.203. The molecule has 3 nitrogen and oxygen atoms in total. The van der Waals surface area contributed by atoms with Crippen molar-refractivity contribution in [1.29, 1.82) is 0 Å². The monoisotopic (exact) mass is 276 g/mol. The molecular formula is C15H16O3S. The molecule has 0 aliphatic carbocycles. The maximum Gasteiger partial charge on any atom is 0.119 e. The normalized spacial score (nSPS) is 12.1. The minimum absolute atomic E-state index is 0.237. The lowest BCUT2D eigenvalue weighted by atomic mass is 10.1. The van der Waals surface area contributed by atoms with E-state index in [9.17, 15) is 10.2 Å². The Morgan fingerprint density at radius 3 is 2.68 bits per heavy atom. The minimum Gasteiger partial charge on any atom is -0.508 e. The first kappa shape index (κ1) is 13.8. The third kappa shape index (κ3) is 3.91. The van der Waals surface area contributed by atoms with Crippen LogP contribution in [0, 0.1) is 0 Å². The predicted molar refractivity (Wildman–Crippen MR) is 76.8 cm³/mol. The van der Waals surface area contributed by atoms with Gasteiger partial charge in [-0.05, 0) is 35.9 Å². The van der Waals surface area contributed by atoms with Gasteiger partial charge in [0.15, 0.2) is 0 Å². The van der Waals surface area contributed by atoms with Crippen molar-refractivity contribution < 1.29 is 14.9 Å². The summed E-state index contributed by atoms with van der Waals surface area (Å²) in [5.41, 5.74) is 0.826. The molecule has 0 bridgehead atoms. The number of hydrogen-bond donors (Lipinski definition) is 2. The van der Waals surface area contributed by atoms with Crippen LogP contribution in [0.5, 0.6) is 11.5 Å². The molecule has 0 heterocycles. The zero-order valence-electron chi connectivity index (χ0n) is 10.6. The zero-order valence-corrected chi connectivity index (χ0v) is 11.4. The molecule has 0 radical (unpaired) electrons. The van der Waals surface area contributed by atoms with E-state index < -0.39 is 6.10 Å². The molecule has 19 heavy (non-hydrogen) atoms. The smallest absolute Gasteiger partial charge is 0.119 e. The topological polar surface area (TPSA) is 49.7 Å². The number of aliphatic hydroxyl groups excluding tert-OH is 1. The van der Waals surface area contributed by atoms with E-state index in [-0.39, 0.29) is 5.75 Å². The molecule has 1 atom stereocenters. The van der Waals surface area contributed by atoms with Gasteiger partial charge in [0.05, 0.1) is 13.2 Å². The van der Waals surface area contributed by atoms with E-state index in [2.05, 4.69) is 0 Å². The van der Waals surface area contributed by atoms with Gasteiger partial charge in [-0.2, -0.15) is 0 Å². The van der Waals surface area contributed by atoms with Crippen molar-refractivity contribution in [3.05, 3.63) is 54.1 Å². The summed E-state index contributed by atoms with van der Waals surface area (Å²) < 4.78 is 5.13. The van der Waals surface area contributed by atoms with Crippen molar-refractivity contribution >= 4 is 11.8 Å². The van der Waals surface area contributed by atoms with Gasteiger partial charge in [-0.25, -0.2) is 0 Å². The summed E-state index contributed by atoms with van der Waals surface area (Å²) in [5, 5.41) is 19.5. The summed E-state index contributed by atoms with van der Waals surface area (Å²) in [6.45, 7) is 0. The van der Waals surface area contributed by atoms with Gasteiger partial charge in [-0.1, -0.05) is 18.2 Å². The number of phenols is 1. The molecule has 2 N–H and O–H groups in total. The highest BCUT2D eigenvalue weighted by Gasteiger charge is 2.09. The van der Waals surface area contributed by atoms with Crippen LogP contribution < -0.4 is 4.74 Å². The fourth-order valence-electron chi connectivity index (χ4n) is 1.69. The minimum atomic E-state index is -0.567. The molecule has 0 spiro atoms. The summed E-state index contributed by atoms with van der Waals surface area (Å²) in [6.07, 6.45) is -0.567. The highest BCUT2D eigenvalue weighted by atomic mass is 32.2.